The molecule has 0 atom stereocenters. The summed E-state index contributed by atoms with van der Waals surface area (Å²) >= 11 is 0. The molecule has 0 aliphatic rings. The van der Waals surface area contributed by atoms with Gasteiger partial charge in [0, 0.05) is 25.9 Å². The number of aliphatic imine (C=N–C) groups is 1. The topological polar surface area (TPSA) is 101 Å². The Kier molecular flexibility index (Phi) is 5.08. The molecule has 1 heterocycles. The van der Waals surface area contributed by atoms with Crippen LogP contribution in [0.3, 0.4) is 0 Å². The van der Waals surface area contributed by atoms with E-state index in [0.717, 1.165) is 12.1 Å². The van der Waals surface area contributed by atoms with E-state index < -0.39 is 0 Å². The van der Waals surface area contributed by atoms with Crippen LogP contribution >= 0.6 is 0 Å². The van der Waals surface area contributed by atoms with Gasteiger partial charge < -0.3 is 15.8 Å². The summed E-state index contributed by atoms with van der Waals surface area (Å²) in [6.45, 7) is 1.26. The highest BCUT2D eigenvalue weighted by Gasteiger charge is 2.06. The van der Waals surface area contributed by atoms with Crippen molar-refractivity contribution in [2.24, 2.45) is 10.7 Å². The average Bonchev–Trinajstić information content (AvgIpc) is 2.93. The number of methoxy groups -OCH3 is 1. The molecule has 0 saturated heterocycles. The van der Waals surface area contributed by atoms with Crippen LogP contribution in [0.15, 0.2) is 35.3 Å². The summed E-state index contributed by atoms with van der Waals surface area (Å²) in [6, 6.07) is 9.67. The number of nitrogens with one attached hydrogen (secondary N) is 2. The van der Waals surface area contributed by atoms with Crippen LogP contribution in [0.5, 0.6) is 0 Å². The molecule has 0 unspecified atom stereocenters. The minimum Gasteiger partial charge on any atom is -0.385 e. The number of anilines is 2. The third-order valence-electron chi connectivity index (χ3n) is 2.55. The summed E-state index contributed by atoms with van der Waals surface area (Å²) in [4.78, 5) is 8.44. The van der Waals surface area contributed by atoms with E-state index in [-0.39, 0.29) is 0 Å². The second kappa shape index (κ2) is 7.25. The summed E-state index contributed by atoms with van der Waals surface area (Å²) in [7, 11) is 1.66. The molecule has 0 fully saturated rings. The number of aromatic amines is 1. The maximum atomic E-state index is 5.83. The molecular formula is C13H18N6O. The number of hydrogen-bond donors (Lipinski definition) is 3. The summed E-state index contributed by atoms with van der Waals surface area (Å²) in [5.74, 6) is 1.26. The van der Waals surface area contributed by atoms with Crippen LogP contribution in [0, 0.1) is 0 Å². The zero-order chi connectivity index (χ0) is 14.2. The van der Waals surface area contributed by atoms with Crippen LogP contribution in [-0.2, 0) is 4.74 Å². The number of hydrogen-bond acceptors (Lipinski definition) is 5. The van der Waals surface area contributed by atoms with Gasteiger partial charge in [0.1, 0.15) is 0 Å². The van der Waals surface area contributed by atoms with Crippen LogP contribution < -0.4 is 11.1 Å². The molecule has 2 aromatic rings. The Morgan fingerprint density at radius 1 is 1.40 bits per heavy atom. The van der Waals surface area contributed by atoms with E-state index in [2.05, 4.69) is 25.5 Å². The van der Waals surface area contributed by atoms with Crippen molar-refractivity contribution in [3.63, 3.8) is 0 Å². The monoisotopic (exact) mass is 274 g/mol. The molecular weight excluding hydrogens is 256 g/mol. The van der Waals surface area contributed by atoms with Gasteiger partial charge in [-0.15, -0.1) is 5.10 Å². The van der Waals surface area contributed by atoms with Gasteiger partial charge in [-0.3, -0.25) is 10.1 Å². The number of H-pyrrole nitrogens is 1. The van der Waals surface area contributed by atoms with Gasteiger partial charge in [-0.25, -0.2) is 0 Å². The summed E-state index contributed by atoms with van der Waals surface area (Å²) in [5.41, 5.74) is 6.74. The molecule has 0 spiro atoms. The number of nitrogens with zero attached hydrogens (tertiary/aromatic N) is 3. The third kappa shape index (κ3) is 4.06. The van der Waals surface area contributed by atoms with Gasteiger partial charge in [-0.1, -0.05) is 18.2 Å². The van der Waals surface area contributed by atoms with Crippen LogP contribution in [0.4, 0.5) is 11.6 Å². The average molecular weight is 274 g/mol. The molecule has 20 heavy (non-hydrogen) atoms. The van der Waals surface area contributed by atoms with E-state index in [9.17, 15) is 0 Å². The molecule has 7 heteroatoms. The van der Waals surface area contributed by atoms with Gasteiger partial charge in [0.2, 0.25) is 5.95 Å². The lowest BCUT2D eigenvalue weighted by molar-refractivity contribution is 0.197. The van der Waals surface area contributed by atoms with E-state index >= 15 is 0 Å². The smallest absolute Gasteiger partial charge is 0.246 e. The van der Waals surface area contributed by atoms with Gasteiger partial charge in [0.25, 0.3) is 0 Å². The summed E-state index contributed by atoms with van der Waals surface area (Å²) in [6.07, 6.45) is 0.820. The van der Waals surface area contributed by atoms with Crippen LogP contribution in [0.1, 0.15) is 12.2 Å². The molecule has 0 aliphatic heterocycles. The first-order valence-corrected chi connectivity index (χ1v) is 6.33. The SMILES string of the molecule is COCCCN=C(N)c1nc(Nc2ccccc2)n[nH]1. The first-order chi connectivity index (χ1) is 9.79. The second-order valence-corrected chi connectivity index (χ2v) is 4.11. The molecule has 0 amide bonds. The van der Waals surface area contributed by atoms with E-state index in [0.29, 0.717) is 30.8 Å². The van der Waals surface area contributed by atoms with E-state index in [1.807, 2.05) is 30.3 Å². The third-order valence-corrected chi connectivity index (χ3v) is 2.55. The summed E-state index contributed by atoms with van der Waals surface area (Å²) < 4.78 is 4.94. The van der Waals surface area contributed by atoms with Crippen molar-refractivity contribution >= 4 is 17.5 Å². The normalized spacial score (nSPS) is 11.6. The fourth-order valence-electron chi connectivity index (χ4n) is 1.57. The maximum absolute atomic E-state index is 5.83. The number of nitrogens with two attached hydrogens (primary N) is 1. The molecule has 2 rings (SSSR count). The Hall–Kier alpha value is -2.41. The highest BCUT2D eigenvalue weighted by Crippen LogP contribution is 2.11. The Morgan fingerprint density at radius 2 is 2.20 bits per heavy atom. The second-order valence-electron chi connectivity index (χ2n) is 4.11. The van der Waals surface area contributed by atoms with E-state index in [1.165, 1.54) is 0 Å². The minimum atomic E-state index is 0.342. The first kappa shape index (κ1) is 14.0. The minimum absolute atomic E-state index is 0.342. The largest absolute Gasteiger partial charge is 0.385 e. The number of ether oxygens (including phenoxy) is 1. The number of rotatable bonds is 7. The van der Waals surface area contributed by atoms with Crippen molar-refractivity contribution in [3.05, 3.63) is 36.2 Å². The molecule has 0 aliphatic carbocycles. The van der Waals surface area contributed by atoms with Gasteiger partial charge in [-0.05, 0) is 18.6 Å². The van der Waals surface area contributed by atoms with E-state index in [1.54, 1.807) is 7.11 Å². The molecule has 0 radical (unpaired) electrons. The van der Waals surface area contributed by atoms with Crippen molar-refractivity contribution < 1.29 is 4.74 Å². The van der Waals surface area contributed by atoms with Crippen LogP contribution in [0.25, 0.3) is 0 Å². The predicted octanol–water partition coefficient (Wildman–Crippen LogP) is 1.29. The van der Waals surface area contributed by atoms with Crippen molar-refractivity contribution in [2.75, 3.05) is 25.6 Å². The van der Waals surface area contributed by atoms with Gasteiger partial charge in [0.05, 0.1) is 0 Å². The van der Waals surface area contributed by atoms with Gasteiger partial charge in [0.15, 0.2) is 11.7 Å². The Labute approximate surface area is 117 Å². The van der Waals surface area contributed by atoms with Crippen LogP contribution in [0.2, 0.25) is 0 Å². The fraction of sp³-hybridized carbons (Fsp3) is 0.308. The number of aromatic nitrogens is 3. The predicted molar refractivity (Wildman–Crippen MR) is 78.2 cm³/mol. The Morgan fingerprint density at radius 3 is 2.95 bits per heavy atom. The van der Waals surface area contributed by atoms with E-state index in [4.69, 9.17) is 10.5 Å². The quantitative estimate of drug-likeness (QED) is 0.401. The van der Waals surface area contributed by atoms with Crippen LogP contribution in [-0.4, -0.2) is 41.3 Å². The molecule has 1 aromatic heterocycles. The molecule has 106 valence electrons. The fourth-order valence-corrected chi connectivity index (χ4v) is 1.57. The first-order valence-electron chi connectivity index (χ1n) is 6.33. The highest BCUT2D eigenvalue weighted by atomic mass is 16.5. The van der Waals surface area contributed by atoms with Crippen molar-refractivity contribution in [3.8, 4) is 0 Å². The Bertz CT molecular complexity index is 551. The molecule has 7 nitrogen and oxygen atoms in total. The zero-order valence-electron chi connectivity index (χ0n) is 11.3. The van der Waals surface area contributed by atoms with Crippen molar-refractivity contribution in [2.45, 2.75) is 6.42 Å². The number of para-hydroxylation sites is 1. The van der Waals surface area contributed by atoms with Crippen molar-refractivity contribution in [1.82, 2.24) is 15.2 Å². The Balaban J connectivity index is 1.94. The molecule has 0 saturated carbocycles. The lowest BCUT2D eigenvalue weighted by Crippen LogP contribution is -2.16. The van der Waals surface area contributed by atoms with Gasteiger partial charge in [-0.2, -0.15) is 4.98 Å². The summed E-state index contributed by atoms with van der Waals surface area (Å²) in [5, 5.41) is 9.87. The maximum Gasteiger partial charge on any atom is 0.246 e. The number of amidine groups is 1. The molecule has 0 bridgehead atoms. The highest BCUT2D eigenvalue weighted by molar-refractivity contribution is 5.94. The number of benzene rings is 1. The lowest BCUT2D eigenvalue weighted by Gasteiger charge is -1.99. The zero-order valence-corrected chi connectivity index (χ0v) is 11.3. The van der Waals surface area contributed by atoms with Crippen molar-refractivity contribution in [1.29, 1.82) is 0 Å². The lowest BCUT2D eigenvalue weighted by atomic mass is 10.3. The molecule has 4 N–H and O–H groups in total. The standard InChI is InChI=1S/C13H18N6O/c1-20-9-5-8-15-11(14)12-17-13(19-18-12)16-10-6-3-2-4-7-10/h2-4,6-7H,5,8-9H2,1H3,(H2,14,15)(H2,16,17,18,19). The molecule has 1 aromatic carbocycles. The van der Waals surface area contributed by atoms with Gasteiger partial charge >= 0.3 is 0 Å².